The van der Waals surface area contributed by atoms with Crippen LogP contribution in [0.15, 0.2) is 71.3 Å². The summed E-state index contributed by atoms with van der Waals surface area (Å²) < 4.78 is 11.4. The van der Waals surface area contributed by atoms with Gasteiger partial charge in [-0.25, -0.2) is 0 Å². The van der Waals surface area contributed by atoms with E-state index in [4.69, 9.17) is 9.15 Å². The summed E-state index contributed by atoms with van der Waals surface area (Å²) in [7, 11) is 1.73. The van der Waals surface area contributed by atoms with Crippen LogP contribution in [0, 0.1) is 5.92 Å². The number of hydrogen-bond donors (Lipinski definition) is 0. The lowest BCUT2D eigenvalue weighted by atomic mass is 9.87. The summed E-state index contributed by atoms with van der Waals surface area (Å²) in [4.78, 5) is 29.5. The highest BCUT2D eigenvalue weighted by atomic mass is 16.5. The molecule has 2 amide bonds. The van der Waals surface area contributed by atoms with Crippen LogP contribution in [0.3, 0.4) is 0 Å². The van der Waals surface area contributed by atoms with Gasteiger partial charge in [0.1, 0.15) is 11.5 Å². The molecular weight excluding hydrogens is 428 g/mol. The van der Waals surface area contributed by atoms with Gasteiger partial charge in [0, 0.05) is 19.5 Å². The summed E-state index contributed by atoms with van der Waals surface area (Å²) >= 11 is 0. The number of ether oxygens (including phenoxy) is 1. The standard InChI is InChI=1S/C28H32N2O4/c1-19(2)27(31)30-15-14-21-12-13-23(17-25(21)26(30)22-9-6-5-7-10-22)34-20(3)28(32)29(4)18-24-11-8-16-33-24/h5-13,16-17,19-20,26H,14-15,18H2,1-4H3/t20-,26-/m1/s1. The maximum atomic E-state index is 13.1. The molecule has 2 heterocycles. The Morgan fingerprint density at radius 1 is 1.09 bits per heavy atom. The van der Waals surface area contributed by atoms with E-state index in [1.54, 1.807) is 31.2 Å². The third-order valence-electron chi connectivity index (χ3n) is 6.25. The summed E-state index contributed by atoms with van der Waals surface area (Å²) in [6, 6.07) is 19.5. The molecule has 0 saturated carbocycles. The first kappa shape index (κ1) is 23.6. The number of benzene rings is 2. The molecule has 1 aliphatic rings. The third-order valence-corrected chi connectivity index (χ3v) is 6.25. The fourth-order valence-electron chi connectivity index (χ4n) is 4.51. The van der Waals surface area contributed by atoms with E-state index in [0.29, 0.717) is 18.8 Å². The lowest BCUT2D eigenvalue weighted by molar-refractivity contribution is -0.137. The van der Waals surface area contributed by atoms with E-state index in [2.05, 4.69) is 18.2 Å². The maximum absolute atomic E-state index is 13.1. The maximum Gasteiger partial charge on any atom is 0.263 e. The summed E-state index contributed by atoms with van der Waals surface area (Å²) in [5.41, 5.74) is 3.31. The van der Waals surface area contributed by atoms with Gasteiger partial charge in [-0.1, -0.05) is 50.2 Å². The zero-order valence-electron chi connectivity index (χ0n) is 20.2. The zero-order valence-corrected chi connectivity index (χ0v) is 20.2. The van der Waals surface area contributed by atoms with Gasteiger partial charge >= 0.3 is 0 Å². The first-order valence-corrected chi connectivity index (χ1v) is 11.8. The van der Waals surface area contributed by atoms with Gasteiger partial charge in [0.25, 0.3) is 5.91 Å². The molecule has 2 aromatic carbocycles. The molecule has 0 N–H and O–H groups in total. The third kappa shape index (κ3) is 5.01. The molecule has 6 nitrogen and oxygen atoms in total. The molecule has 3 aromatic rings. The second-order valence-electron chi connectivity index (χ2n) is 9.14. The average Bonchev–Trinajstić information content (AvgIpc) is 3.35. The van der Waals surface area contributed by atoms with Crippen molar-refractivity contribution in [1.82, 2.24) is 9.80 Å². The molecule has 0 saturated heterocycles. The summed E-state index contributed by atoms with van der Waals surface area (Å²) in [6.07, 6.45) is 1.72. The van der Waals surface area contributed by atoms with E-state index in [9.17, 15) is 9.59 Å². The Balaban J connectivity index is 1.58. The van der Waals surface area contributed by atoms with Crippen molar-refractivity contribution in [2.45, 2.75) is 45.9 Å². The fourth-order valence-corrected chi connectivity index (χ4v) is 4.51. The van der Waals surface area contributed by atoms with Crippen LogP contribution in [0.25, 0.3) is 0 Å². The van der Waals surface area contributed by atoms with E-state index in [0.717, 1.165) is 23.3 Å². The Morgan fingerprint density at radius 2 is 1.85 bits per heavy atom. The Labute approximate surface area is 201 Å². The number of fused-ring (bicyclic) bond motifs is 1. The molecule has 0 bridgehead atoms. The minimum Gasteiger partial charge on any atom is -0.481 e. The Morgan fingerprint density at radius 3 is 2.53 bits per heavy atom. The van der Waals surface area contributed by atoms with Gasteiger partial charge in [-0.2, -0.15) is 0 Å². The van der Waals surface area contributed by atoms with Crippen LogP contribution in [-0.4, -0.2) is 41.3 Å². The molecule has 1 aliphatic heterocycles. The predicted octanol–water partition coefficient (Wildman–Crippen LogP) is 4.84. The molecule has 178 valence electrons. The topological polar surface area (TPSA) is 63.0 Å². The number of furan rings is 1. The van der Waals surface area contributed by atoms with Crippen LogP contribution >= 0.6 is 0 Å². The van der Waals surface area contributed by atoms with Crippen LogP contribution in [-0.2, 0) is 22.6 Å². The fraction of sp³-hybridized carbons (Fsp3) is 0.357. The Hall–Kier alpha value is -3.54. The van der Waals surface area contributed by atoms with Crippen LogP contribution in [0.5, 0.6) is 5.75 Å². The number of rotatable bonds is 7. The van der Waals surface area contributed by atoms with Crippen LogP contribution in [0.4, 0.5) is 0 Å². The molecule has 0 aliphatic carbocycles. The first-order chi connectivity index (χ1) is 16.3. The van der Waals surface area contributed by atoms with Gasteiger partial charge in [-0.15, -0.1) is 0 Å². The van der Waals surface area contributed by atoms with Crippen LogP contribution < -0.4 is 4.74 Å². The quantitative estimate of drug-likeness (QED) is 0.506. The van der Waals surface area contributed by atoms with Gasteiger partial charge in [0.15, 0.2) is 6.10 Å². The van der Waals surface area contributed by atoms with Crippen LogP contribution in [0.2, 0.25) is 0 Å². The number of carbonyl (C=O) groups excluding carboxylic acids is 2. The van der Waals surface area contributed by atoms with E-state index in [1.165, 1.54) is 5.56 Å². The van der Waals surface area contributed by atoms with Crippen molar-refractivity contribution in [3.63, 3.8) is 0 Å². The molecule has 0 spiro atoms. The van der Waals surface area contributed by atoms with Crippen molar-refractivity contribution in [2.24, 2.45) is 5.92 Å². The highest BCUT2D eigenvalue weighted by molar-refractivity contribution is 5.81. The van der Waals surface area contributed by atoms with Crippen molar-refractivity contribution in [3.8, 4) is 5.75 Å². The smallest absolute Gasteiger partial charge is 0.263 e. The molecule has 34 heavy (non-hydrogen) atoms. The molecule has 1 aromatic heterocycles. The average molecular weight is 461 g/mol. The predicted molar refractivity (Wildman–Crippen MR) is 130 cm³/mol. The van der Waals surface area contributed by atoms with E-state index >= 15 is 0 Å². The molecular formula is C28H32N2O4. The lowest BCUT2D eigenvalue weighted by Gasteiger charge is -2.39. The first-order valence-electron chi connectivity index (χ1n) is 11.8. The second-order valence-corrected chi connectivity index (χ2v) is 9.14. The van der Waals surface area contributed by atoms with Crippen LogP contribution in [0.1, 0.15) is 49.3 Å². The van der Waals surface area contributed by atoms with Gasteiger partial charge in [-0.3, -0.25) is 9.59 Å². The van der Waals surface area contributed by atoms with E-state index < -0.39 is 6.10 Å². The van der Waals surface area contributed by atoms with Crippen molar-refractivity contribution in [1.29, 1.82) is 0 Å². The van der Waals surface area contributed by atoms with Gasteiger partial charge in [0.05, 0.1) is 18.8 Å². The molecule has 4 rings (SSSR count). The number of likely N-dealkylation sites (N-methyl/N-ethyl adjacent to an activating group) is 1. The largest absolute Gasteiger partial charge is 0.481 e. The Kier molecular flexibility index (Phi) is 7.06. The highest BCUT2D eigenvalue weighted by Gasteiger charge is 2.33. The molecule has 0 fully saturated rings. The second kappa shape index (κ2) is 10.2. The number of amides is 2. The number of hydrogen-bond acceptors (Lipinski definition) is 4. The molecule has 6 heteroatoms. The highest BCUT2D eigenvalue weighted by Crippen LogP contribution is 2.38. The van der Waals surface area contributed by atoms with Gasteiger partial charge in [0.2, 0.25) is 5.91 Å². The number of nitrogens with zero attached hydrogens (tertiary/aromatic N) is 2. The summed E-state index contributed by atoms with van der Waals surface area (Å²) in [5, 5.41) is 0. The monoisotopic (exact) mass is 460 g/mol. The van der Waals surface area contributed by atoms with Gasteiger partial charge in [-0.05, 0) is 54.3 Å². The van der Waals surface area contributed by atoms with Crippen molar-refractivity contribution < 1.29 is 18.7 Å². The molecule has 2 atom stereocenters. The number of carbonyl (C=O) groups is 2. The van der Waals surface area contributed by atoms with Gasteiger partial charge < -0.3 is 19.0 Å². The summed E-state index contributed by atoms with van der Waals surface area (Å²) in [5.74, 6) is 1.25. The molecule has 0 radical (unpaired) electrons. The van der Waals surface area contributed by atoms with Crippen molar-refractivity contribution >= 4 is 11.8 Å². The SMILES string of the molecule is CC(C)C(=O)N1CCc2ccc(O[C@H](C)C(=O)N(C)Cc3ccco3)cc2[C@H]1c1ccccc1. The Bertz CT molecular complexity index is 1120. The summed E-state index contributed by atoms with van der Waals surface area (Å²) in [6.45, 7) is 6.68. The minimum absolute atomic E-state index is 0.0884. The molecule has 0 unspecified atom stereocenters. The van der Waals surface area contributed by atoms with E-state index in [-0.39, 0.29) is 23.8 Å². The normalized spacial score (nSPS) is 16.1. The zero-order chi connectivity index (χ0) is 24.2. The van der Waals surface area contributed by atoms with E-state index in [1.807, 2.05) is 55.1 Å². The van der Waals surface area contributed by atoms with Crippen molar-refractivity contribution in [3.05, 3.63) is 89.4 Å². The van der Waals surface area contributed by atoms with Crippen molar-refractivity contribution in [2.75, 3.05) is 13.6 Å². The minimum atomic E-state index is -0.662. The lowest BCUT2D eigenvalue weighted by Crippen LogP contribution is -2.42.